The Hall–Kier alpha value is -2.21. The van der Waals surface area contributed by atoms with E-state index in [9.17, 15) is 9.18 Å². The minimum atomic E-state index is -0.392. The third kappa shape index (κ3) is 5.77. The van der Waals surface area contributed by atoms with Gasteiger partial charge in [-0.05, 0) is 61.9 Å². The van der Waals surface area contributed by atoms with Crippen LogP contribution in [0.25, 0.3) is 0 Å². The largest absolute Gasteiger partial charge is 0.484 e. The molecule has 6 heteroatoms. The molecular formula is C18H18BrFN2O2. The number of benzene rings is 2. The Labute approximate surface area is 148 Å². The highest BCUT2D eigenvalue weighted by Gasteiger charge is 2.04. The summed E-state index contributed by atoms with van der Waals surface area (Å²) in [6.45, 7) is 3.75. The Morgan fingerprint density at radius 3 is 2.62 bits per heavy atom. The molecule has 0 aliphatic carbocycles. The molecule has 1 N–H and O–H groups in total. The number of halogens is 2. The fourth-order valence-corrected chi connectivity index (χ4v) is 2.23. The molecule has 0 spiro atoms. The van der Waals surface area contributed by atoms with Crippen LogP contribution in [-0.4, -0.2) is 24.8 Å². The molecule has 0 unspecified atom stereocenters. The fourth-order valence-electron chi connectivity index (χ4n) is 1.89. The van der Waals surface area contributed by atoms with Gasteiger partial charge in [0.05, 0.1) is 5.69 Å². The van der Waals surface area contributed by atoms with Crippen molar-refractivity contribution < 1.29 is 13.9 Å². The number of hydrogen-bond donors (Lipinski definition) is 1. The van der Waals surface area contributed by atoms with Gasteiger partial charge in [-0.3, -0.25) is 9.79 Å². The van der Waals surface area contributed by atoms with Crippen LogP contribution in [0.5, 0.6) is 5.75 Å². The lowest BCUT2D eigenvalue weighted by Gasteiger charge is -2.09. The van der Waals surface area contributed by atoms with E-state index in [1.54, 1.807) is 42.6 Å². The smallest absolute Gasteiger partial charge is 0.258 e. The number of amides is 1. The molecular weight excluding hydrogens is 375 g/mol. The number of carbonyl (C=O) groups is 1. The summed E-state index contributed by atoms with van der Waals surface area (Å²) in [7, 11) is 0. The van der Waals surface area contributed by atoms with Crippen molar-refractivity contribution in [2.24, 2.45) is 4.99 Å². The molecule has 0 bridgehead atoms. The van der Waals surface area contributed by atoms with E-state index < -0.39 is 5.82 Å². The summed E-state index contributed by atoms with van der Waals surface area (Å²) >= 11 is 3.20. The molecule has 0 aromatic heterocycles. The summed E-state index contributed by atoms with van der Waals surface area (Å²) in [6.07, 6.45) is 1.57. The lowest BCUT2D eigenvalue weighted by molar-refractivity contribution is -0.123. The van der Waals surface area contributed by atoms with E-state index in [1.807, 2.05) is 13.8 Å². The summed E-state index contributed by atoms with van der Waals surface area (Å²) in [6, 6.07) is 11.8. The van der Waals surface area contributed by atoms with Crippen LogP contribution in [0.1, 0.15) is 19.4 Å². The molecule has 2 aromatic carbocycles. The maximum absolute atomic E-state index is 13.7. The van der Waals surface area contributed by atoms with Gasteiger partial charge in [-0.2, -0.15) is 0 Å². The van der Waals surface area contributed by atoms with Gasteiger partial charge in [-0.1, -0.05) is 15.9 Å². The predicted molar refractivity (Wildman–Crippen MR) is 96.6 cm³/mol. The Morgan fingerprint density at radius 2 is 2.00 bits per heavy atom. The van der Waals surface area contributed by atoms with E-state index in [0.717, 1.165) is 5.56 Å². The minimum absolute atomic E-state index is 0.0320. The molecule has 0 atom stereocenters. The molecule has 24 heavy (non-hydrogen) atoms. The second-order valence-electron chi connectivity index (χ2n) is 5.43. The monoisotopic (exact) mass is 392 g/mol. The van der Waals surface area contributed by atoms with Crippen molar-refractivity contribution in [2.75, 3.05) is 6.61 Å². The zero-order valence-corrected chi connectivity index (χ0v) is 15.0. The first-order valence-electron chi connectivity index (χ1n) is 7.45. The molecule has 0 saturated heterocycles. The van der Waals surface area contributed by atoms with E-state index >= 15 is 0 Å². The highest BCUT2D eigenvalue weighted by atomic mass is 79.9. The highest BCUT2D eigenvalue weighted by Crippen LogP contribution is 2.22. The molecule has 2 aromatic rings. The molecule has 0 aliphatic rings. The maximum atomic E-state index is 13.7. The average Bonchev–Trinajstić information content (AvgIpc) is 2.52. The van der Waals surface area contributed by atoms with Gasteiger partial charge < -0.3 is 10.1 Å². The standard InChI is InChI=1S/C18H18BrFN2O2/c1-12(2)22-18(23)11-24-15-6-3-13(4-7-15)10-21-17-8-5-14(19)9-16(17)20/h3-10,12H,11H2,1-2H3,(H,22,23). The number of carbonyl (C=O) groups excluding carboxylic acids is 1. The molecule has 1 amide bonds. The Balaban J connectivity index is 1.94. The minimum Gasteiger partial charge on any atom is -0.484 e. The third-order valence-electron chi connectivity index (χ3n) is 2.96. The van der Waals surface area contributed by atoms with Crippen LogP contribution in [0.2, 0.25) is 0 Å². The molecule has 126 valence electrons. The number of ether oxygens (including phenoxy) is 1. The van der Waals surface area contributed by atoms with Crippen molar-refractivity contribution in [3.05, 3.63) is 58.3 Å². The van der Waals surface area contributed by atoms with Gasteiger partial charge in [-0.25, -0.2) is 4.39 Å². The van der Waals surface area contributed by atoms with E-state index in [0.29, 0.717) is 10.2 Å². The van der Waals surface area contributed by atoms with Gasteiger partial charge in [0.15, 0.2) is 6.61 Å². The second-order valence-corrected chi connectivity index (χ2v) is 6.35. The van der Waals surface area contributed by atoms with E-state index in [1.165, 1.54) is 6.07 Å². The molecule has 0 radical (unpaired) electrons. The van der Waals surface area contributed by atoms with Crippen molar-refractivity contribution in [2.45, 2.75) is 19.9 Å². The first kappa shape index (κ1) is 18.1. The lowest BCUT2D eigenvalue weighted by Crippen LogP contribution is -2.34. The van der Waals surface area contributed by atoms with Crippen LogP contribution in [0.4, 0.5) is 10.1 Å². The lowest BCUT2D eigenvalue weighted by atomic mass is 10.2. The predicted octanol–water partition coefficient (Wildman–Crippen LogP) is 4.24. The van der Waals surface area contributed by atoms with Crippen molar-refractivity contribution >= 4 is 33.7 Å². The first-order chi connectivity index (χ1) is 11.4. The molecule has 0 aliphatic heterocycles. The number of rotatable bonds is 6. The van der Waals surface area contributed by atoms with Crippen LogP contribution in [0, 0.1) is 5.82 Å². The van der Waals surface area contributed by atoms with Crippen LogP contribution in [0.3, 0.4) is 0 Å². The van der Waals surface area contributed by atoms with Gasteiger partial charge in [0.25, 0.3) is 5.91 Å². The summed E-state index contributed by atoms with van der Waals surface area (Å²) in [5, 5.41) is 2.75. The fraction of sp³-hybridized carbons (Fsp3) is 0.222. The van der Waals surface area contributed by atoms with Crippen molar-refractivity contribution in [1.82, 2.24) is 5.32 Å². The Kier molecular flexibility index (Phi) is 6.49. The summed E-state index contributed by atoms with van der Waals surface area (Å²) in [5.74, 6) is 0.0268. The van der Waals surface area contributed by atoms with Crippen molar-refractivity contribution in [1.29, 1.82) is 0 Å². The highest BCUT2D eigenvalue weighted by molar-refractivity contribution is 9.10. The summed E-state index contributed by atoms with van der Waals surface area (Å²) < 4.78 is 19.7. The van der Waals surface area contributed by atoms with Crippen LogP contribution < -0.4 is 10.1 Å². The third-order valence-corrected chi connectivity index (χ3v) is 3.46. The first-order valence-corrected chi connectivity index (χ1v) is 8.24. The molecule has 0 fully saturated rings. The van der Waals surface area contributed by atoms with Gasteiger partial charge in [0.1, 0.15) is 11.6 Å². The molecule has 4 nitrogen and oxygen atoms in total. The van der Waals surface area contributed by atoms with Crippen LogP contribution >= 0.6 is 15.9 Å². The number of nitrogens with zero attached hydrogens (tertiary/aromatic N) is 1. The van der Waals surface area contributed by atoms with E-state index in [4.69, 9.17) is 4.74 Å². The van der Waals surface area contributed by atoms with Gasteiger partial charge >= 0.3 is 0 Å². The van der Waals surface area contributed by atoms with E-state index in [2.05, 4.69) is 26.2 Å². The number of aliphatic imine (C=N–C) groups is 1. The van der Waals surface area contributed by atoms with Crippen molar-refractivity contribution in [3.63, 3.8) is 0 Å². The molecule has 2 rings (SSSR count). The number of nitrogens with one attached hydrogen (secondary N) is 1. The van der Waals surface area contributed by atoms with Crippen molar-refractivity contribution in [3.8, 4) is 5.75 Å². The maximum Gasteiger partial charge on any atom is 0.258 e. The molecule has 0 heterocycles. The average molecular weight is 393 g/mol. The second kappa shape index (κ2) is 8.59. The number of hydrogen-bond acceptors (Lipinski definition) is 3. The Morgan fingerprint density at radius 1 is 1.29 bits per heavy atom. The normalized spacial score (nSPS) is 11.0. The Bertz CT molecular complexity index is 730. The summed E-state index contributed by atoms with van der Waals surface area (Å²) in [4.78, 5) is 15.6. The SMILES string of the molecule is CC(C)NC(=O)COc1ccc(C=Nc2ccc(Br)cc2F)cc1. The quantitative estimate of drug-likeness (QED) is 0.747. The van der Waals surface area contributed by atoms with Crippen LogP contribution in [-0.2, 0) is 4.79 Å². The van der Waals surface area contributed by atoms with Gasteiger partial charge in [0, 0.05) is 16.7 Å². The zero-order chi connectivity index (χ0) is 17.5. The summed E-state index contributed by atoms with van der Waals surface area (Å²) in [5.41, 5.74) is 1.07. The van der Waals surface area contributed by atoms with Crippen LogP contribution in [0.15, 0.2) is 51.9 Å². The molecule has 0 saturated carbocycles. The van der Waals surface area contributed by atoms with E-state index in [-0.39, 0.29) is 24.2 Å². The van der Waals surface area contributed by atoms with Gasteiger partial charge in [-0.15, -0.1) is 0 Å². The van der Waals surface area contributed by atoms with Gasteiger partial charge in [0.2, 0.25) is 0 Å². The zero-order valence-electron chi connectivity index (χ0n) is 13.4. The topological polar surface area (TPSA) is 50.7 Å².